The average molecular weight is 483 g/mol. The normalized spacial score (nSPS) is 13.8. The molecule has 0 aromatic heterocycles. The second-order valence-electron chi connectivity index (χ2n) is 9.05. The Balaban J connectivity index is 1.72. The second-order valence-corrected chi connectivity index (χ2v) is 9.05. The van der Waals surface area contributed by atoms with Crippen LogP contribution in [-0.2, 0) is 10.3 Å². The Kier molecular flexibility index (Phi) is 5.82. The lowest BCUT2D eigenvalue weighted by Crippen LogP contribution is -2.38. The van der Waals surface area contributed by atoms with Crippen LogP contribution in [0.2, 0.25) is 0 Å². The van der Waals surface area contributed by atoms with Crippen LogP contribution in [-0.4, -0.2) is 12.6 Å². The maximum atomic E-state index is 13.0. The molecular weight excluding hydrogens is 456 g/mol. The van der Waals surface area contributed by atoms with E-state index in [0.717, 1.165) is 44.3 Å². The molecule has 37 heavy (non-hydrogen) atoms. The lowest BCUT2D eigenvalue weighted by atomic mass is 9.74. The van der Waals surface area contributed by atoms with Crippen LogP contribution in [0.1, 0.15) is 39.5 Å². The highest BCUT2D eigenvalue weighted by Gasteiger charge is 2.44. The van der Waals surface area contributed by atoms with E-state index in [1.807, 2.05) is 91.9 Å². The van der Waals surface area contributed by atoms with Crippen LogP contribution < -0.4 is 4.74 Å². The summed E-state index contributed by atoms with van der Waals surface area (Å²) in [4.78, 5) is 13.0. The third kappa shape index (κ3) is 3.80. The lowest BCUT2D eigenvalue weighted by Gasteiger charge is -2.41. The van der Waals surface area contributed by atoms with Gasteiger partial charge >= 0.3 is 5.97 Å². The fourth-order valence-corrected chi connectivity index (χ4v) is 5.28. The van der Waals surface area contributed by atoms with Gasteiger partial charge in [0.25, 0.3) is 0 Å². The molecule has 1 heterocycles. The largest absolute Gasteiger partial charge is 0.472 e. The summed E-state index contributed by atoms with van der Waals surface area (Å²) >= 11 is 0. The Morgan fingerprint density at radius 1 is 0.730 bits per heavy atom. The number of rotatable bonds is 5. The first-order valence-corrected chi connectivity index (χ1v) is 12.5. The zero-order valence-corrected chi connectivity index (χ0v) is 20.6. The summed E-state index contributed by atoms with van der Waals surface area (Å²) in [7, 11) is 0. The molecule has 6 rings (SSSR count). The highest BCUT2D eigenvalue weighted by Crippen LogP contribution is 2.52. The molecule has 5 aromatic rings. The van der Waals surface area contributed by atoms with Crippen LogP contribution in [0.3, 0.4) is 0 Å². The molecule has 1 aliphatic heterocycles. The minimum atomic E-state index is -0.898. The van der Waals surface area contributed by atoms with E-state index < -0.39 is 5.60 Å². The quantitative estimate of drug-likeness (QED) is 0.239. The van der Waals surface area contributed by atoms with Crippen LogP contribution >= 0.6 is 0 Å². The van der Waals surface area contributed by atoms with E-state index in [9.17, 15) is 4.79 Å². The van der Waals surface area contributed by atoms with Crippen molar-refractivity contribution in [3.63, 3.8) is 0 Å². The van der Waals surface area contributed by atoms with Crippen LogP contribution in [0.5, 0.6) is 5.75 Å². The zero-order valence-electron chi connectivity index (χ0n) is 20.6. The summed E-state index contributed by atoms with van der Waals surface area (Å²) < 4.78 is 12.7. The third-order valence-electron chi connectivity index (χ3n) is 6.90. The summed E-state index contributed by atoms with van der Waals surface area (Å²) in [5, 5.41) is 1.69. The molecule has 0 spiro atoms. The van der Waals surface area contributed by atoms with Crippen molar-refractivity contribution in [3.8, 4) is 5.75 Å². The molecule has 180 valence electrons. The van der Waals surface area contributed by atoms with Crippen LogP contribution in [0, 0.1) is 0 Å². The number of hydrogen-bond donors (Lipinski definition) is 0. The maximum Gasteiger partial charge on any atom is 0.338 e. The monoisotopic (exact) mass is 482 g/mol. The van der Waals surface area contributed by atoms with E-state index in [4.69, 9.17) is 9.47 Å². The molecule has 1 aliphatic rings. The van der Waals surface area contributed by atoms with Gasteiger partial charge in [-0.3, -0.25) is 0 Å². The van der Waals surface area contributed by atoms with E-state index in [-0.39, 0.29) is 5.97 Å². The van der Waals surface area contributed by atoms with Gasteiger partial charge in [0.05, 0.1) is 12.2 Å². The van der Waals surface area contributed by atoms with Crippen LogP contribution in [0.15, 0.2) is 121 Å². The van der Waals surface area contributed by atoms with E-state index >= 15 is 0 Å². The fourth-order valence-electron chi connectivity index (χ4n) is 5.28. The Morgan fingerprint density at radius 3 is 1.86 bits per heavy atom. The standard InChI is InChI=1S/C34H26O3/c1-2-36-33(35)30-22-25-23-31(24-14-6-3-7-15-24)34(26-16-8-4-9-17-26,27-18-10-5-11-19-27)37-32(25)29-21-13-12-20-28(29)30/h3-23H,2H2,1H3. The minimum absolute atomic E-state index is 0.316. The van der Waals surface area contributed by atoms with Gasteiger partial charge in [0, 0.05) is 27.6 Å². The summed E-state index contributed by atoms with van der Waals surface area (Å²) in [5.41, 5.74) is 4.60. The first-order chi connectivity index (χ1) is 18.2. The van der Waals surface area contributed by atoms with Crippen molar-refractivity contribution in [3.05, 3.63) is 149 Å². The molecule has 3 nitrogen and oxygen atoms in total. The zero-order chi connectivity index (χ0) is 25.2. The molecule has 0 saturated carbocycles. The van der Waals surface area contributed by atoms with Gasteiger partial charge in [-0.05, 0) is 30.0 Å². The molecule has 0 unspecified atom stereocenters. The predicted octanol–water partition coefficient (Wildman–Crippen LogP) is 7.89. The van der Waals surface area contributed by atoms with Gasteiger partial charge in [0.1, 0.15) is 5.75 Å². The Labute approximate surface area is 216 Å². The van der Waals surface area contributed by atoms with E-state index in [0.29, 0.717) is 12.2 Å². The topological polar surface area (TPSA) is 35.5 Å². The number of carbonyl (C=O) groups excluding carboxylic acids is 1. The predicted molar refractivity (Wildman–Crippen MR) is 149 cm³/mol. The third-order valence-corrected chi connectivity index (χ3v) is 6.90. The first-order valence-electron chi connectivity index (χ1n) is 12.5. The molecule has 0 aliphatic carbocycles. The SMILES string of the molecule is CCOC(=O)c1cc2c(c3ccccc13)OC(c1ccccc1)(c1ccccc1)C(c1ccccc1)=C2. The van der Waals surface area contributed by atoms with E-state index in [1.165, 1.54) is 0 Å². The second kappa shape index (κ2) is 9.44. The Bertz CT molecular complexity index is 1560. The summed E-state index contributed by atoms with van der Waals surface area (Å²) in [5.74, 6) is 0.412. The maximum absolute atomic E-state index is 13.0. The molecule has 0 fully saturated rings. The van der Waals surface area contributed by atoms with Crippen molar-refractivity contribution in [2.24, 2.45) is 0 Å². The van der Waals surface area contributed by atoms with Gasteiger partial charge in [-0.2, -0.15) is 0 Å². The number of fused-ring (bicyclic) bond motifs is 3. The molecule has 0 atom stereocenters. The fraction of sp³-hybridized carbons (Fsp3) is 0.0882. The molecule has 3 heteroatoms. The van der Waals surface area contributed by atoms with Gasteiger partial charge in [0.15, 0.2) is 5.60 Å². The number of ether oxygens (including phenoxy) is 2. The van der Waals surface area contributed by atoms with Gasteiger partial charge < -0.3 is 9.47 Å². The Morgan fingerprint density at radius 2 is 1.27 bits per heavy atom. The van der Waals surface area contributed by atoms with Crippen molar-refractivity contribution >= 4 is 28.4 Å². The van der Waals surface area contributed by atoms with Crippen molar-refractivity contribution in [2.45, 2.75) is 12.5 Å². The molecule has 0 saturated heterocycles. The molecule has 0 amide bonds. The number of hydrogen-bond acceptors (Lipinski definition) is 3. The summed E-state index contributed by atoms with van der Waals surface area (Å²) in [6.07, 6.45) is 2.17. The molecule has 0 bridgehead atoms. The number of carbonyl (C=O) groups is 1. The van der Waals surface area contributed by atoms with Crippen molar-refractivity contribution in [2.75, 3.05) is 6.61 Å². The Hall–Kier alpha value is -4.63. The number of benzene rings is 5. The van der Waals surface area contributed by atoms with Gasteiger partial charge in [-0.25, -0.2) is 4.79 Å². The molecule has 5 aromatic carbocycles. The molecule has 0 N–H and O–H groups in total. The highest BCUT2D eigenvalue weighted by atomic mass is 16.5. The van der Waals surface area contributed by atoms with Crippen molar-refractivity contribution in [1.29, 1.82) is 0 Å². The number of esters is 1. The van der Waals surface area contributed by atoms with Crippen LogP contribution in [0.25, 0.3) is 22.4 Å². The first kappa shape index (κ1) is 22.8. The van der Waals surface area contributed by atoms with Crippen molar-refractivity contribution < 1.29 is 14.3 Å². The summed E-state index contributed by atoms with van der Waals surface area (Å²) in [6.45, 7) is 2.14. The smallest absolute Gasteiger partial charge is 0.338 e. The van der Waals surface area contributed by atoms with Gasteiger partial charge in [0.2, 0.25) is 0 Å². The lowest BCUT2D eigenvalue weighted by molar-refractivity contribution is 0.0528. The van der Waals surface area contributed by atoms with Crippen LogP contribution in [0.4, 0.5) is 0 Å². The molecular formula is C34H26O3. The van der Waals surface area contributed by atoms with E-state index in [2.05, 4.69) is 42.5 Å². The van der Waals surface area contributed by atoms with Crippen molar-refractivity contribution in [1.82, 2.24) is 0 Å². The van der Waals surface area contributed by atoms with Gasteiger partial charge in [-0.1, -0.05) is 115 Å². The van der Waals surface area contributed by atoms with Gasteiger partial charge in [-0.15, -0.1) is 0 Å². The minimum Gasteiger partial charge on any atom is -0.472 e. The average Bonchev–Trinajstić information content (AvgIpc) is 2.97. The van der Waals surface area contributed by atoms with E-state index in [1.54, 1.807) is 0 Å². The highest BCUT2D eigenvalue weighted by molar-refractivity contribution is 6.09. The summed E-state index contributed by atoms with van der Waals surface area (Å²) in [6, 6.07) is 40.8. The molecule has 0 radical (unpaired) electrons.